The van der Waals surface area contributed by atoms with Crippen LogP contribution >= 0.6 is 0 Å². The number of rotatable bonds is 2. The fourth-order valence-electron chi connectivity index (χ4n) is 1.37. The molecule has 1 saturated heterocycles. The van der Waals surface area contributed by atoms with Gasteiger partial charge in [-0.05, 0) is 20.8 Å². The van der Waals surface area contributed by atoms with Gasteiger partial charge in [0.1, 0.15) is 5.60 Å². The minimum Gasteiger partial charge on any atom is -0.479 e. The van der Waals surface area contributed by atoms with Crippen molar-refractivity contribution in [1.82, 2.24) is 5.32 Å². The molecule has 0 aromatic rings. The predicted molar refractivity (Wildman–Crippen MR) is 55.2 cm³/mol. The van der Waals surface area contributed by atoms with Gasteiger partial charge in [-0.15, -0.1) is 0 Å². The highest BCUT2D eigenvalue weighted by molar-refractivity contribution is 5.73. The molecule has 0 saturated carbocycles. The summed E-state index contributed by atoms with van der Waals surface area (Å²) in [6, 6.07) is -0.295. The van der Waals surface area contributed by atoms with Gasteiger partial charge in [-0.25, -0.2) is 9.59 Å². The number of carboxylic acids is 1. The molecule has 0 bridgehead atoms. The van der Waals surface area contributed by atoms with E-state index >= 15 is 0 Å². The Balaban J connectivity index is 2.34. The van der Waals surface area contributed by atoms with Crippen LogP contribution in [0, 0.1) is 0 Å². The summed E-state index contributed by atoms with van der Waals surface area (Å²) >= 11 is 0. The van der Waals surface area contributed by atoms with Crippen LogP contribution in [0.15, 0.2) is 0 Å². The van der Waals surface area contributed by atoms with Crippen molar-refractivity contribution in [1.29, 1.82) is 0 Å². The van der Waals surface area contributed by atoms with Crippen LogP contribution in [0.5, 0.6) is 0 Å². The zero-order chi connectivity index (χ0) is 12.3. The standard InChI is InChI=1S/C10H17NO5/c1-10(2,3)16-9(14)11-6-4-7(8(12)13)15-5-6/h6-7H,4-5H2,1-3H3,(H,11,14)(H,12,13)/t6-,7-/m0/s1. The predicted octanol–water partition coefficient (Wildman–Crippen LogP) is 0.753. The Morgan fingerprint density at radius 3 is 2.50 bits per heavy atom. The zero-order valence-electron chi connectivity index (χ0n) is 9.65. The van der Waals surface area contributed by atoms with E-state index in [9.17, 15) is 9.59 Å². The molecule has 1 rings (SSSR count). The summed E-state index contributed by atoms with van der Waals surface area (Å²) in [6.45, 7) is 5.49. The SMILES string of the molecule is CC(C)(C)OC(=O)N[C@@H]1CO[C@H](C(=O)O)C1. The molecule has 1 amide bonds. The van der Waals surface area contributed by atoms with Gasteiger partial charge in [0.15, 0.2) is 6.10 Å². The first-order valence-electron chi connectivity index (χ1n) is 5.12. The van der Waals surface area contributed by atoms with E-state index in [4.69, 9.17) is 14.6 Å². The minimum atomic E-state index is -1.01. The van der Waals surface area contributed by atoms with Gasteiger partial charge >= 0.3 is 12.1 Å². The van der Waals surface area contributed by atoms with Gasteiger partial charge in [0, 0.05) is 6.42 Å². The lowest BCUT2D eigenvalue weighted by atomic mass is 10.2. The Bertz CT molecular complexity index is 283. The van der Waals surface area contributed by atoms with Crippen molar-refractivity contribution in [3.8, 4) is 0 Å². The Kier molecular flexibility index (Phi) is 3.74. The lowest BCUT2D eigenvalue weighted by Gasteiger charge is -2.21. The van der Waals surface area contributed by atoms with Crippen molar-refractivity contribution in [2.75, 3.05) is 6.61 Å². The topological polar surface area (TPSA) is 84.9 Å². The van der Waals surface area contributed by atoms with Crippen LogP contribution in [-0.4, -0.2) is 41.5 Å². The summed E-state index contributed by atoms with van der Waals surface area (Å²) in [5, 5.41) is 11.3. The van der Waals surface area contributed by atoms with Crippen molar-refractivity contribution in [2.45, 2.75) is 44.9 Å². The summed E-state index contributed by atoms with van der Waals surface area (Å²) in [7, 11) is 0. The minimum absolute atomic E-state index is 0.205. The van der Waals surface area contributed by atoms with Crippen LogP contribution in [0.1, 0.15) is 27.2 Å². The van der Waals surface area contributed by atoms with Crippen LogP contribution in [-0.2, 0) is 14.3 Å². The van der Waals surface area contributed by atoms with Gasteiger partial charge in [-0.3, -0.25) is 0 Å². The third-order valence-electron chi connectivity index (χ3n) is 1.99. The van der Waals surface area contributed by atoms with Crippen molar-refractivity contribution in [2.24, 2.45) is 0 Å². The summed E-state index contributed by atoms with van der Waals surface area (Å²) < 4.78 is 10.0. The Morgan fingerprint density at radius 2 is 2.06 bits per heavy atom. The molecule has 1 fully saturated rings. The summed E-state index contributed by atoms with van der Waals surface area (Å²) in [5.74, 6) is -1.01. The molecule has 1 aliphatic heterocycles. The molecule has 1 heterocycles. The highest BCUT2D eigenvalue weighted by atomic mass is 16.6. The molecular formula is C10H17NO5. The molecule has 2 atom stereocenters. The molecule has 0 radical (unpaired) electrons. The van der Waals surface area contributed by atoms with E-state index in [1.165, 1.54) is 0 Å². The average molecular weight is 231 g/mol. The van der Waals surface area contributed by atoms with Gasteiger partial charge in [0.2, 0.25) is 0 Å². The van der Waals surface area contributed by atoms with Gasteiger partial charge < -0.3 is 19.9 Å². The maximum Gasteiger partial charge on any atom is 0.407 e. The van der Waals surface area contributed by atoms with Gasteiger partial charge in [0.05, 0.1) is 12.6 Å². The zero-order valence-corrected chi connectivity index (χ0v) is 9.65. The van der Waals surface area contributed by atoms with Crippen LogP contribution in [0.4, 0.5) is 4.79 Å². The number of ether oxygens (including phenoxy) is 2. The number of hydrogen-bond acceptors (Lipinski definition) is 4. The Hall–Kier alpha value is -1.30. The van der Waals surface area contributed by atoms with E-state index < -0.39 is 23.8 Å². The molecule has 1 aliphatic rings. The number of alkyl carbamates (subject to hydrolysis) is 1. The average Bonchev–Trinajstić information content (AvgIpc) is 2.48. The smallest absolute Gasteiger partial charge is 0.407 e. The third kappa shape index (κ3) is 4.06. The normalized spacial score (nSPS) is 25.2. The van der Waals surface area contributed by atoms with Crippen LogP contribution < -0.4 is 5.32 Å². The second-order valence-electron chi connectivity index (χ2n) is 4.74. The quantitative estimate of drug-likeness (QED) is 0.732. The van der Waals surface area contributed by atoms with Gasteiger partial charge in [-0.1, -0.05) is 0 Å². The van der Waals surface area contributed by atoms with E-state index in [0.717, 1.165) is 0 Å². The number of carbonyl (C=O) groups excluding carboxylic acids is 1. The third-order valence-corrected chi connectivity index (χ3v) is 1.99. The number of carbonyl (C=O) groups is 2. The molecule has 6 nitrogen and oxygen atoms in total. The Labute approximate surface area is 93.9 Å². The molecule has 0 spiro atoms. The first-order valence-corrected chi connectivity index (χ1v) is 5.12. The first kappa shape index (κ1) is 12.8. The molecule has 0 aliphatic carbocycles. The Morgan fingerprint density at radius 1 is 1.44 bits per heavy atom. The van der Waals surface area contributed by atoms with Crippen molar-refractivity contribution >= 4 is 12.1 Å². The molecule has 92 valence electrons. The van der Waals surface area contributed by atoms with Crippen LogP contribution in [0.3, 0.4) is 0 Å². The summed E-state index contributed by atoms with van der Waals surface area (Å²) in [4.78, 5) is 21.9. The molecule has 2 N–H and O–H groups in total. The fraction of sp³-hybridized carbons (Fsp3) is 0.800. The summed E-state index contributed by atoms with van der Waals surface area (Å²) in [6.07, 6.45) is -1.11. The molecular weight excluding hydrogens is 214 g/mol. The second-order valence-corrected chi connectivity index (χ2v) is 4.74. The number of hydrogen-bond donors (Lipinski definition) is 2. The number of nitrogens with one attached hydrogen (secondary N) is 1. The lowest BCUT2D eigenvalue weighted by Crippen LogP contribution is -2.39. The second kappa shape index (κ2) is 4.69. The molecule has 0 unspecified atom stereocenters. The molecule has 6 heteroatoms. The summed E-state index contributed by atoms with van der Waals surface area (Å²) in [5.41, 5.74) is -0.560. The van der Waals surface area contributed by atoms with Crippen molar-refractivity contribution in [3.05, 3.63) is 0 Å². The van der Waals surface area contributed by atoms with E-state index in [1.54, 1.807) is 20.8 Å². The molecule has 0 aromatic carbocycles. The number of carboxylic acid groups (broad SMARTS) is 1. The monoisotopic (exact) mass is 231 g/mol. The van der Waals surface area contributed by atoms with Gasteiger partial charge in [-0.2, -0.15) is 0 Å². The number of aliphatic carboxylic acids is 1. The maximum atomic E-state index is 11.4. The van der Waals surface area contributed by atoms with Crippen molar-refractivity contribution < 1.29 is 24.2 Å². The maximum absolute atomic E-state index is 11.4. The van der Waals surface area contributed by atoms with Gasteiger partial charge in [0.25, 0.3) is 0 Å². The van der Waals surface area contributed by atoms with Crippen LogP contribution in [0.2, 0.25) is 0 Å². The highest BCUT2D eigenvalue weighted by Gasteiger charge is 2.32. The van der Waals surface area contributed by atoms with E-state index in [1.807, 2.05) is 0 Å². The highest BCUT2D eigenvalue weighted by Crippen LogP contribution is 2.14. The lowest BCUT2D eigenvalue weighted by molar-refractivity contribution is -0.147. The van der Waals surface area contributed by atoms with Crippen molar-refractivity contribution in [3.63, 3.8) is 0 Å². The molecule has 0 aromatic heterocycles. The fourth-order valence-corrected chi connectivity index (χ4v) is 1.37. The van der Waals surface area contributed by atoms with Crippen LogP contribution in [0.25, 0.3) is 0 Å². The van der Waals surface area contributed by atoms with E-state index in [2.05, 4.69) is 5.32 Å². The first-order chi connectivity index (χ1) is 7.28. The largest absolute Gasteiger partial charge is 0.479 e. The molecule has 16 heavy (non-hydrogen) atoms. The number of amides is 1. The van der Waals surface area contributed by atoms with E-state index in [-0.39, 0.29) is 19.1 Å². The van der Waals surface area contributed by atoms with E-state index in [0.29, 0.717) is 0 Å².